The molecule has 1 amide bonds. The van der Waals surface area contributed by atoms with Gasteiger partial charge in [-0.15, -0.1) is 0 Å². The molecule has 1 aliphatic heterocycles. The molecule has 0 bridgehead atoms. The molecule has 0 saturated heterocycles. The van der Waals surface area contributed by atoms with Gasteiger partial charge in [-0.1, -0.05) is 29.8 Å². The van der Waals surface area contributed by atoms with E-state index in [4.69, 9.17) is 0 Å². The van der Waals surface area contributed by atoms with E-state index in [-0.39, 0.29) is 11.9 Å². The predicted octanol–water partition coefficient (Wildman–Crippen LogP) is 4.35. The molecule has 0 saturated carbocycles. The van der Waals surface area contributed by atoms with Gasteiger partial charge in [0.25, 0.3) is 5.91 Å². The van der Waals surface area contributed by atoms with Crippen LogP contribution in [0.2, 0.25) is 0 Å². The third kappa shape index (κ3) is 2.16. The van der Waals surface area contributed by atoms with Crippen LogP contribution in [0.1, 0.15) is 28.4 Å². The maximum Gasteiger partial charge on any atom is 0.259 e. The smallest absolute Gasteiger partial charge is 0.259 e. The third-order valence-electron chi connectivity index (χ3n) is 3.78. The highest BCUT2D eigenvalue weighted by Gasteiger charge is 2.31. The van der Waals surface area contributed by atoms with Gasteiger partial charge < -0.3 is 4.90 Å². The Morgan fingerprint density at radius 3 is 2.80 bits per heavy atom. The number of aryl methyl sites for hydroxylation is 1. The van der Waals surface area contributed by atoms with Gasteiger partial charge in [0.2, 0.25) is 0 Å². The molecule has 1 heterocycles. The molecule has 2 aromatic rings. The van der Waals surface area contributed by atoms with Crippen molar-refractivity contribution in [3.63, 3.8) is 0 Å². The number of para-hydroxylation sites is 1. The van der Waals surface area contributed by atoms with Gasteiger partial charge in [-0.05, 0) is 60.0 Å². The summed E-state index contributed by atoms with van der Waals surface area (Å²) in [6.45, 7) is 4.10. The average Bonchev–Trinajstić information content (AvgIpc) is 2.76. The highest BCUT2D eigenvalue weighted by molar-refractivity contribution is 9.10. The molecule has 0 aromatic heterocycles. The van der Waals surface area contributed by atoms with Crippen molar-refractivity contribution in [3.05, 3.63) is 63.6 Å². The summed E-state index contributed by atoms with van der Waals surface area (Å²) in [5.41, 5.74) is 4.11. The number of fused-ring (bicyclic) bond motifs is 1. The van der Waals surface area contributed by atoms with Crippen LogP contribution in [0, 0.1) is 6.92 Å². The normalized spacial score (nSPS) is 17.1. The number of amides is 1. The second kappa shape index (κ2) is 5.06. The summed E-state index contributed by atoms with van der Waals surface area (Å²) in [6, 6.07) is 14.2. The van der Waals surface area contributed by atoms with Crippen molar-refractivity contribution in [1.82, 2.24) is 0 Å². The van der Waals surface area contributed by atoms with Crippen molar-refractivity contribution in [2.75, 3.05) is 4.90 Å². The maximum absolute atomic E-state index is 12.9. The summed E-state index contributed by atoms with van der Waals surface area (Å²) in [5.74, 6) is 0.0676. The van der Waals surface area contributed by atoms with Gasteiger partial charge >= 0.3 is 0 Å². The summed E-state index contributed by atoms with van der Waals surface area (Å²) in [4.78, 5) is 14.8. The molecule has 1 aliphatic rings. The predicted molar refractivity (Wildman–Crippen MR) is 85.3 cm³/mol. The molecular weight excluding hydrogens is 314 g/mol. The minimum Gasteiger partial charge on any atom is -0.305 e. The van der Waals surface area contributed by atoms with Crippen molar-refractivity contribution in [1.29, 1.82) is 0 Å². The van der Waals surface area contributed by atoms with E-state index in [9.17, 15) is 4.79 Å². The zero-order valence-corrected chi connectivity index (χ0v) is 13.1. The maximum atomic E-state index is 12.9. The van der Waals surface area contributed by atoms with Crippen LogP contribution in [0.25, 0.3) is 0 Å². The standard InChI is InChI=1S/C17H16BrNO/c1-11-7-8-15(18)14(9-11)17(20)19-12(2)10-13-5-3-4-6-16(13)19/h3-9,12H,10H2,1-2H3. The van der Waals surface area contributed by atoms with Crippen molar-refractivity contribution >= 4 is 27.5 Å². The van der Waals surface area contributed by atoms with Crippen molar-refractivity contribution in [3.8, 4) is 0 Å². The Kier molecular flexibility index (Phi) is 3.38. The molecule has 3 heteroatoms. The molecule has 2 aromatic carbocycles. The Morgan fingerprint density at radius 1 is 1.25 bits per heavy atom. The molecular formula is C17H16BrNO. The van der Waals surface area contributed by atoms with E-state index in [0.29, 0.717) is 0 Å². The van der Waals surface area contributed by atoms with Gasteiger partial charge in [-0.2, -0.15) is 0 Å². The van der Waals surface area contributed by atoms with Gasteiger partial charge in [0.05, 0.1) is 5.56 Å². The first-order valence-electron chi connectivity index (χ1n) is 6.75. The van der Waals surface area contributed by atoms with Gasteiger partial charge in [-0.25, -0.2) is 0 Å². The zero-order chi connectivity index (χ0) is 14.3. The molecule has 20 heavy (non-hydrogen) atoms. The number of anilines is 1. The van der Waals surface area contributed by atoms with Gasteiger partial charge in [0.15, 0.2) is 0 Å². The largest absolute Gasteiger partial charge is 0.305 e. The van der Waals surface area contributed by atoms with Crippen LogP contribution in [-0.4, -0.2) is 11.9 Å². The van der Waals surface area contributed by atoms with Crippen LogP contribution in [-0.2, 0) is 6.42 Å². The quantitative estimate of drug-likeness (QED) is 0.761. The van der Waals surface area contributed by atoms with Gasteiger partial charge in [-0.3, -0.25) is 4.79 Å². The lowest BCUT2D eigenvalue weighted by Crippen LogP contribution is -2.35. The Labute approximate surface area is 127 Å². The van der Waals surface area contributed by atoms with Crippen LogP contribution in [0.4, 0.5) is 5.69 Å². The van der Waals surface area contributed by atoms with E-state index >= 15 is 0 Å². The molecule has 3 rings (SSSR count). The second-order valence-corrected chi connectivity index (χ2v) is 6.19. The SMILES string of the molecule is Cc1ccc(Br)c(C(=O)N2c3ccccc3CC2C)c1. The summed E-state index contributed by atoms with van der Waals surface area (Å²) in [6.07, 6.45) is 0.922. The number of benzene rings is 2. The fraction of sp³-hybridized carbons (Fsp3) is 0.235. The summed E-state index contributed by atoms with van der Waals surface area (Å²) < 4.78 is 0.852. The Bertz CT molecular complexity index is 680. The minimum absolute atomic E-state index is 0.0676. The van der Waals surface area contributed by atoms with E-state index in [2.05, 4.69) is 28.9 Å². The fourth-order valence-electron chi connectivity index (χ4n) is 2.81. The van der Waals surface area contributed by atoms with E-state index in [1.165, 1.54) is 5.56 Å². The molecule has 0 radical (unpaired) electrons. The van der Waals surface area contributed by atoms with Crippen LogP contribution in [0.15, 0.2) is 46.9 Å². The lowest BCUT2D eigenvalue weighted by Gasteiger charge is -2.23. The summed E-state index contributed by atoms with van der Waals surface area (Å²) >= 11 is 3.49. The molecule has 1 atom stereocenters. The van der Waals surface area contributed by atoms with E-state index < -0.39 is 0 Å². The molecule has 0 aliphatic carbocycles. The number of nitrogens with zero attached hydrogens (tertiary/aromatic N) is 1. The molecule has 0 spiro atoms. The first kappa shape index (κ1) is 13.4. The average molecular weight is 330 g/mol. The van der Waals surface area contributed by atoms with E-state index in [1.54, 1.807) is 0 Å². The number of hydrogen-bond donors (Lipinski definition) is 0. The number of carbonyl (C=O) groups is 1. The van der Waals surface area contributed by atoms with Crippen LogP contribution < -0.4 is 4.90 Å². The Morgan fingerprint density at radius 2 is 2.00 bits per heavy atom. The van der Waals surface area contributed by atoms with E-state index in [0.717, 1.165) is 27.7 Å². The van der Waals surface area contributed by atoms with Crippen LogP contribution in [0.5, 0.6) is 0 Å². The number of carbonyl (C=O) groups excluding carboxylic acids is 1. The zero-order valence-electron chi connectivity index (χ0n) is 11.6. The Balaban J connectivity index is 2.05. The molecule has 0 N–H and O–H groups in total. The summed E-state index contributed by atoms with van der Waals surface area (Å²) in [5, 5.41) is 0. The highest BCUT2D eigenvalue weighted by Crippen LogP contribution is 2.34. The molecule has 1 unspecified atom stereocenters. The monoisotopic (exact) mass is 329 g/mol. The number of rotatable bonds is 1. The van der Waals surface area contributed by atoms with Gasteiger partial charge in [0.1, 0.15) is 0 Å². The fourth-order valence-corrected chi connectivity index (χ4v) is 3.22. The highest BCUT2D eigenvalue weighted by atomic mass is 79.9. The summed E-state index contributed by atoms with van der Waals surface area (Å²) in [7, 11) is 0. The van der Waals surface area contributed by atoms with E-state index in [1.807, 2.05) is 48.2 Å². The van der Waals surface area contributed by atoms with Crippen molar-refractivity contribution in [2.45, 2.75) is 26.3 Å². The van der Waals surface area contributed by atoms with Crippen molar-refractivity contribution < 1.29 is 4.79 Å². The number of hydrogen-bond acceptors (Lipinski definition) is 1. The Hall–Kier alpha value is -1.61. The lowest BCUT2D eigenvalue weighted by atomic mass is 10.1. The molecule has 0 fully saturated rings. The molecule has 102 valence electrons. The number of halogens is 1. The first-order chi connectivity index (χ1) is 9.58. The van der Waals surface area contributed by atoms with Crippen LogP contribution in [0.3, 0.4) is 0 Å². The van der Waals surface area contributed by atoms with Gasteiger partial charge in [0, 0.05) is 16.2 Å². The third-order valence-corrected chi connectivity index (χ3v) is 4.47. The first-order valence-corrected chi connectivity index (χ1v) is 7.55. The molecule has 2 nitrogen and oxygen atoms in total. The van der Waals surface area contributed by atoms with Crippen LogP contribution >= 0.6 is 15.9 Å². The topological polar surface area (TPSA) is 20.3 Å². The second-order valence-electron chi connectivity index (χ2n) is 5.34. The van der Waals surface area contributed by atoms with Crippen molar-refractivity contribution in [2.24, 2.45) is 0 Å². The lowest BCUT2D eigenvalue weighted by molar-refractivity contribution is 0.0980. The minimum atomic E-state index is 0.0676.